The summed E-state index contributed by atoms with van der Waals surface area (Å²) in [6, 6.07) is 12.5. The molecule has 0 fully saturated rings. The van der Waals surface area contributed by atoms with Crippen LogP contribution in [0.3, 0.4) is 0 Å². The van der Waals surface area contributed by atoms with E-state index in [0.717, 1.165) is 11.1 Å². The van der Waals surface area contributed by atoms with Gasteiger partial charge in [-0.2, -0.15) is 0 Å². The molecule has 0 radical (unpaired) electrons. The minimum Gasteiger partial charge on any atom is -0.399 e. The molecule has 0 saturated heterocycles. The number of carbonyl (C=O) groups is 1. The number of anilines is 1. The van der Waals surface area contributed by atoms with Crippen molar-refractivity contribution >= 4 is 11.6 Å². The molecule has 4 heteroatoms. The molecule has 3 nitrogen and oxygen atoms in total. The maximum atomic E-state index is 13.4. The summed E-state index contributed by atoms with van der Waals surface area (Å²) in [5.41, 5.74) is 8.76. The van der Waals surface area contributed by atoms with Gasteiger partial charge in [-0.05, 0) is 48.2 Å². The molecule has 3 N–H and O–H groups in total. The summed E-state index contributed by atoms with van der Waals surface area (Å²) in [6.45, 7) is 2.06. The lowest BCUT2D eigenvalue weighted by Gasteiger charge is -2.07. The second-order valence-electron chi connectivity index (χ2n) is 5.10. The number of rotatable bonds is 5. The lowest BCUT2D eigenvalue weighted by Crippen LogP contribution is -2.23. The van der Waals surface area contributed by atoms with Crippen molar-refractivity contribution < 1.29 is 9.18 Å². The summed E-state index contributed by atoms with van der Waals surface area (Å²) >= 11 is 0. The lowest BCUT2D eigenvalue weighted by atomic mass is 10.1. The SMILES string of the molecule is Cc1ccc(CNC(=O)CCc2ccc(N)cc2)cc1F. The summed E-state index contributed by atoms with van der Waals surface area (Å²) in [4.78, 5) is 11.8. The number of nitrogen functional groups attached to an aromatic ring is 1. The van der Waals surface area contributed by atoms with E-state index in [0.29, 0.717) is 30.6 Å². The monoisotopic (exact) mass is 286 g/mol. The second-order valence-corrected chi connectivity index (χ2v) is 5.10. The third-order valence-electron chi connectivity index (χ3n) is 3.35. The highest BCUT2D eigenvalue weighted by Gasteiger charge is 2.04. The molecular weight excluding hydrogens is 267 g/mol. The first-order valence-corrected chi connectivity index (χ1v) is 6.91. The number of nitrogens with two attached hydrogens (primary N) is 1. The lowest BCUT2D eigenvalue weighted by molar-refractivity contribution is -0.121. The fourth-order valence-electron chi connectivity index (χ4n) is 1.98. The van der Waals surface area contributed by atoms with E-state index in [-0.39, 0.29) is 11.7 Å². The molecule has 110 valence electrons. The molecule has 0 aliphatic heterocycles. The third-order valence-corrected chi connectivity index (χ3v) is 3.35. The normalized spacial score (nSPS) is 10.4. The first-order chi connectivity index (χ1) is 10.0. The van der Waals surface area contributed by atoms with Crippen molar-refractivity contribution in [1.82, 2.24) is 5.32 Å². The average molecular weight is 286 g/mol. The molecule has 21 heavy (non-hydrogen) atoms. The Balaban J connectivity index is 1.79. The van der Waals surface area contributed by atoms with Crippen LogP contribution in [0, 0.1) is 12.7 Å². The first kappa shape index (κ1) is 15.0. The predicted octanol–water partition coefficient (Wildman–Crippen LogP) is 2.97. The van der Waals surface area contributed by atoms with E-state index >= 15 is 0 Å². The Labute approximate surface area is 124 Å². The Morgan fingerprint density at radius 3 is 2.48 bits per heavy atom. The number of nitrogens with one attached hydrogen (secondary N) is 1. The Kier molecular flexibility index (Phi) is 4.93. The van der Waals surface area contributed by atoms with Crippen LogP contribution in [0.1, 0.15) is 23.1 Å². The van der Waals surface area contributed by atoms with Gasteiger partial charge < -0.3 is 11.1 Å². The summed E-state index contributed by atoms with van der Waals surface area (Å²) in [7, 11) is 0. The molecule has 0 aliphatic rings. The van der Waals surface area contributed by atoms with Crippen LogP contribution < -0.4 is 11.1 Å². The Bertz CT molecular complexity index is 623. The Morgan fingerprint density at radius 1 is 1.14 bits per heavy atom. The van der Waals surface area contributed by atoms with Gasteiger partial charge in [0.15, 0.2) is 0 Å². The fourth-order valence-corrected chi connectivity index (χ4v) is 1.98. The maximum absolute atomic E-state index is 13.4. The fraction of sp³-hybridized carbons (Fsp3) is 0.235. The van der Waals surface area contributed by atoms with Crippen LogP contribution in [0.5, 0.6) is 0 Å². The van der Waals surface area contributed by atoms with E-state index in [1.54, 1.807) is 13.0 Å². The van der Waals surface area contributed by atoms with Crippen molar-refractivity contribution in [3.63, 3.8) is 0 Å². The molecule has 0 spiro atoms. The molecule has 2 aromatic carbocycles. The standard InChI is InChI=1S/C17H19FN2O/c1-12-2-3-14(10-16(12)18)11-20-17(21)9-6-13-4-7-15(19)8-5-13/h2-5,7-8,10H,6,9,11,19H2,1H3,(H,20,21). The molecule has 2 rings (SSSR count). The summed E-state index contributed by atoms with van der Waals surface area (Å²) in [6.07, 6.45) is 1.06. The van der Waals surface area contributed by atoms with Gasteiger partial charge in [0.1, 0.15) is 5.82 Å². The number of aryl methyl sites for hydroxylation is 2. The van der Waals surface area contributed by atoms with Crippen LogP contribution in [-0.2, 0) is 17.8 Å². The van der Waals surface area contributed by atoms with Crippen molar-refractivity contribution in [3.8, 4) is 0 Å². The summed E-state index contributed by atoms with van der Waals surface area (Å²) in [5.74, 6) is -0.295. The number of halogens is 1. The quantitative estimate of drug-likeness (QED) is 0.830. The number of benzene rings is 2. The molecule has 0 bridgehead atoms. The number of hydrogen-bond donors (Lipinski definition) is 2. The van der Waals surface area contributed by atoms with E-state index in [1.807, 2.05) is 30.3 Å². The largest absolute Gasteiger partial charge is 0.399 e. The van der Waals surface area contributed by atoms with Crippen LogP contribution in [0.25, 0.3) is 0 Å². The van der Waals surface area contributed by atoms with E-state index in [2.05, 4.69) is 5.32 Å². The van der Waals surface area contributed by atoms with Crippen LogP contribution in [0.2, 0.25) is 0 Å². The van der Waals surface area contributed by atoms with Gasteiger partial charge in [-0.3, -0.25) is 4.79 Å². The minimum absolute atomic E-state index is 0.0483. The van der Waals surface area contributed by atoms with E-state index in [1.165, 1.54) is 6.07 Å². The van der Waals surface area contributed by atoms with Gasteiger partial charge in [-0.25, -0.2) is 4.39 Å². The molecule has 0 saturated carbocycles. The van der Waals surface area contributed by atoms with Gasteiger partial charge in [-0.1, -0.05) is 24.3 Å². The molecule has 1 amide bonds. The highest BCUT2D eigenvalue weighted by Crippen LogP contribution is 2.10. The summed E-state index contributed by atoms with van der Waals surface area (Å²) in [5, 5.41) is 2.80. The zero-order valence-electron chi connectivity index (χ0n) is 12.0. The molecule has 0 heterocycles. The van der Waals surface area contributed by atoms with Gasteiger partial charge >= 0.3 is 0 Å². The van der Waals surface area contributed by atoms with E-state index in [9.17, 15) is 9.18 Å². The molecule has 0 aliphatic carbocycles. The first-order valence-electron chi connectivity index (χ1n) is 6.91. The maximum Gasteiger partial charge on any atom is 0.220 e. The van der Waals surface area contributed by atoms with Gasteiger partial charge in [-0.15, -0.1) is 0 Å². The molecule has 0 aromatic heterocycles. The van der Waals surface area contributed by atoms with Gasteiger partial charge in [0.25, 0.3) is 0 Å². The van der Waals surface area contributed by atoms with Crippen LogP contribution in [0.4, 0.5) is 10.1 Å². The van der Waals surface area contributed by atoms with Gasteiger partial charge in [0.05, 0.1) is 0 Å². The molecule has 2 aromatic rings. The number of amides is 1. The number of carbonyl (C=O) groups excluding carboxylic acids is 1. The highest BCUT2D eigenvalue weighted by atomic mass is 19.1. The number of hydrogen-bond acceptors (Lipinski definition) is 2. The topological polar surface area (TPSA) is 55.1 Å². The smallest absolute Gasteiger partial charge is 0.220 e. The third kappa shape index (κ3) is 4.60. The van der Waals surface area contributed by atoms with Crippen LogP contribution in [-0.4, -0.2) is 5.91 Å². The average Bonchev–Trinajstić information content (AvgIpc) is 2.48. The van der Waals surface area contributed by atoms with Crippen molar-refractivity contribution in [2.75, 3.05) is 5.73 Å². The highest BCUT2D eigenvalue weighted by molar-refractivity contribution is 5.76. The van der Waals surface area contributed by atoms with Gasteiger partial charge in [0, 0.05) is 18.7 Å². The van der Waals surface area contributed by atoms with Gasteiger partial charge in [0.2, 0.25) is 5.91 Å². The molecular formula is C17H19FN2O. The van der Waals surface area contributed by atoms with Crippen molar-refractivity contribution in [2.24, 2.45) is 0 Å². The minimum atomic E-state index is -0.247. The van der Waals surface area contributed by atoms with E-state index < -0.39 is 0 Å². The second kappa shape index (κ2) is 6.88. The van der Waals surface area contributed by atoms with Crippen LogP contribution >= 0.6 is 0 Å². The zero-order valence-corrected chi connectivity index (χ0v) is 12.0. The van der Waals surface area contributed by atoms with E-state index in [4.69, 9.17) is 5.73 Å². The molecule has 0 atom stereocenters. The summed E-state index contributed by atoms with van der Waals surface area (Å²) < 4.78 is 13.4. The molecule has 0 unspecified atom stereocenters. The Morgan fingerprint density at radius 2 is 1.81 bits per heavy atom. The zero-order chi connectivity index (χ0) is 15.2. The van der Waals surface area contributed by atoms with Crippen molar-refractivity contribution in [2.45, 2.75) is 26.3 Å². The Hall–Kier alpha value is -2.36. The van der Waals surface area contributed by atoms with Crippen molar-refractivity contribution in [1.29, 1.82) is 0 Å². The van der Waals surface area contributed by atoms with Crippen molar-refractivity contribution in [3.05, 3.63) is 65.0 Å². The predicted molar refractivity (Wildman–Crippen MR) is 82.2 cm³/mol. The van der Waals surface area contributed by atoms with Crippen LogP contribution in [0.15, 0.2) is 42.5 Å².